The Morgan fingerprint density at radius 3 is 0.639 bits per heavy atom. The van der Waals surface area contributed by atoms with Crippen LogP contribution in [0.25, 0.3) is 0 Å². The van der Waals surface area contributed by atoms with Crippen molar-refractivity contribution in [2.45, 2.75) is 236 Å². The van der Waals surface area contributed by atoms with E-state index in [0.717, 1.165) is 95.9 Å². The first-order valence-corrected chi connectivity index (χ1v) is 28.2. The molecule has 72 heavy (non-hydrogen) atoms. The van der Waals surface area contributed by atoms with Gasteiger partial charge in [-0.1, -0.05) is 109 Å². The largest absolute Gasteiger partial charge is 0.508 e. The molecule has 5 rings (SSSR count). The van der Waals surface area contributed by atoms with Crippen molar-refractivity contribution in [3.8, 4) is 46.0 Å². The number of rotatable bonds is 24. The third-order valence-electron chi connectivity index (χ3n) is 14.6. The molecule has 8 atom stereocenters. The van der Waals surface area contributed by atoms with Crippen LogP contribution in [-0.2, 0) is 0 Å². The Hall–Kier alpha value is -4.72. The van der Waals surface area contributed by atoms with E-state index in [-0.39, 0.29) is 94.8 Å². The summed E-state index contributed by atoms with van der Waals surface area (Å²) in [5.74, 6) is 2.23. The van der Waals surface area contributed by atoms with E-state index in [1.807, 2.05) is 24.3 Å². The molecule has 1 aliphatic carbocycles. The zero-order valence-corrected chi connectivity index (χ0v) is 47.5. The maximum Gasteiger partial charge on any atom is 0.127 e. The van der Waals surface area contributed by atoms with Crippen molar-refractivity contribution in [3.05, 3.63) is 93.0 Å². The molecular weight excluding hydrogens is 897 g/mol. The van der Waals surface area contributed by atoms with Gasteiger partial charge >= 0.3 is 0 Å². The quantitative estimate of drug-likeness (QED) is 0.0548. The molecule has 1 aliphatic rings. The fourth-order valence-corrected chi connectivity index (χ4v) is 11.3. The van der Waals surface area contributed by atoms with Crippen LogP contribution in [0.2, 0.25) is 0 Å². The molecule has 0 spiro atoms. The molecular formula is C64H96O8. The molecule has 4 unspecified atom stereocenters. The molecule has 400 valence electrons. The summed E-state index contributed by atoms with van der Waals surface area (Å²) in [6.45, 7) is 34.6. The van der Waals surface area contributed by atoms with Crippen LogP contribution in [0.4, 0.5) is 0 Å². The number of aromatic hydroxyl groups is 4. The minimum Gasteiger partial charge on any atom is -0.508 e. The van der Waals surface area contributed by atoms with Crippen molar-refractivity contribution in [1.29, 1.82) is 0 Å². The maximum atomic E-state index is 12.6. The van der Waals surface area contributed by atoms with Gasteiger partial charge in [0, 0.05) is 92.4 Å². The van der Waals surface area contributed by atoms with Crippen LogP contribution in [-0.4, -0.2) is 44.8 Å². The molecule has 0 aromatic heterocycles. The monoisotopic (exact) mass is 993 g/mol. The summed E-state index contributed by atoms with van der Waals surface area (Å²) in [4.78, 5) is 0. The maximum absolute atomic E-state index is 12.6. The van der Waals surface area contributed by atoms with Crippen LogP contribution in [0.1, 0.15) is 256 Å². The highest BCUT2D eigenvalue weighted by molar-refractivity contribution is 5.63. The van der Waals surface area contributed by atoms with Gasteiger partial charge in [-0.05, 0) is 127 Å². The highest BCUT2D eigenvalue weighted by Gasteiger charge is 2.36. The van der Waals surface area contributed by atoms with Gasteiger partial charge in [0.25, 0.3) is 0 Å². The van der Waals surface area contributed by atoms with E-state index < -0.39 is 0 Å². The first kappa shape index (κ1) is 58.2. The van der Waals surface area contributed by atoms with Crippen molar-refractivity contribution >= 4 is 0 Å². The van der Waals surface area contributed by atoms with Crippen LogP contribution in [0.15, 0.2) is 48.5 Å². The predicted molar refractivity (Wildman–Crippen MR) is 298 cm³/mol. The van der Waals surface area contributed by atoms with E-state index in [9.17, 15) is 20.4 Å². The molecule has 0 amide bonds. The summed E-state index contributed by atoms with van der Waals surface area (Å²) in [6.07, 6.45) is 9.23. The second-order valence-electron chi connectivity index (χ2n) is 23.4. The van der Waals surface area contributed by atoms with Gasteiger partial charge in [-0.15, -0.1) is 0 Å². The molecule has 0 fully saturated rings. The topological polar surface area (TPSA) is 118 Å². The summed E-state index contributed by atoms with van der Waals surface area (Å²) in [5.41, 5.74) is 6.54. The lowest BCUT2D eigenvalue weighted by atomic mass is 9.75. The molecule has 0 saturated carbocycles. The molecule has 4 aromatic carbocycles. The van der Waals surface area contributed by atoms with Gasteiger partial charge in [0.15, 0.2) is 0 Å². The number of benzene rings is 4. The van der Waals surface area contributed by atoms with Crippen LogP contribution in [0, 0.1) is 23.7 Å². The van der Waals surface area contributed by atoms with E-state index in [0.29, 0.717) is 48.7 Å². The molecule has 4 aromatic rings. The molecule has 0 radical (unpaired) electrons. The fraction of sp³-hybridized carbons (Fsp3) is 0.625. The highest BCUT2D eigenvalue weighted by Crippen LogP contribution is 2.54. The van der Waals surface area contributed by atoms with Gasteiger partial charge in [-0.2, -0.15) is 0 Å². The Bertz CT molecular complexity index is 2020. The normalized spacial score (nSPS) is 18.6. The van der Waals surface area contributed by atoms with Gasteiger partial charge < -0.3 is 39.4 Å². The van der Waals surface area contributed by atoms with Crippen molar-refractivity contribution in [2.24, 2.45) is 23.7 Å². The standard InChI is InChI=1S/C64H96O8/c1-17-21-41(13)69-61-33-57(65)49-29-53(61)45(25-37(5)6)50-30-54(62(34-58(50)66)70-42(14)22-18-2)47(27-39(9)10)52-32-56(64(36-60(52)68)72-44(16)24-20-4)48(28-40(11)12)51-31-55(46(49)26-38(7)8)63(35-59(51)67)71-43(15)23-19-3/h29-48,65-68H,17-28H2,1-16H3/t41-,42-,43-,44-,45?,46?,47?,48?/m0/s1. The van der Waals surface area contributed by atoms with Crippen molar-refractivity contribution in [2.75, 3.05) is 0 Å². The van der Waals surface area contributed by atoms with Crippen LogP contribution in [0.3, 0.4) is 0 Å². The molecule has 8 bridgehead atoms. The van der Waals surface area contributed by atoms with E-state index in [1.165, 1.54) is 0 Å². The van der Waals surface area contributed by atoms with Gasteiger partial charge in [0.1, 0.15) is 46.0 Å². The third kappa shape index (κ3) is 14.7. The Balaban J connectivity index is 2.11. The smallest absolute Gasteiger partial charge is 0.127 e. The Kier molecular flexibility index (Phi) is 21.4. The second kappa shape index (κ2) is 26.5. The van der Waals surface area contributed by atoms with Crippen molar-refractivity contribution < 1.29 is 39.4 Å². The summed E-state index contributed by atoms with van der Waals surface area (Å²) >= 11 is 0. The Morgan fingerprint density at radius 1 is 0.306 bits per heavy atom. The molecule has 0 heterocycles. The van der Waals surface area contributed by atoms with Crippen LogP contribution in [0.5, 0.6) is 46.0 Å². The lowest BCUT2D eigenvalue weighted by Gasteiger charge is -2.33. The fourth-order valence-electron chi connectivity index (χ4n) is 11.3. The highest BCUT2D eigenvalue weighted by atomic mass is 16.5. The number of phenolic OH excluding ortho intramolecular Hbond substituents is 4. The minimum absolute atomic E-state index is 0.132. The van der Waals surface area contributed by atoms with Gasteiger partial charge in [-0.3, -0.25) is 0 Å². The lowest BCUT2D eigenvalue weighted by Crippen LogP contribution is -2.19. The number of fused-ring (bicyclic) bond motifs is 8. The Labute approximate surface area is 436 Å². The van der Waals surface area contributed by atoms with E-state index in [2.05, 4.69) is 135 Å². The van der Waals surface area contributed by atoms with Gasteiger partial charge in [-0.25, -0.2) is 0 Å². The van der Waals surface area contributed by atoms with Crippen molar-refractivity contribution in [1.82, 2.24) is 0 Å². The van der Waals surface area contributed by atoms with E-state index in [1.54, 1.807) is 0 Å². The average molecular weight is 993 g/mol. The summed E-state index contributed by atoms with van der Waals surface area (Å²) in [5, 5.41) is 50.5. The van der Waals surface area contributed by atoms with E-state index in [4.69, 9.17) is 18.9 Å². The molecule has 8 heteroatoms. The average Bonchev–Trinajstić information content (AvgIpc) is 3.27. The number of phenols is 4. The first-order chi connectivity index (χ1) is 34.1. The molecule has 0 saturated heterocycles. The molecule has 4 N–H and O–H groups in total. The predicted octanol–water partition coefficient (Wildman–Crippen LogP) is 17.8. The van der Waals surface area contributed by atoms with Gasteiger partial charge in [0.05, 0.1) is 24.4 Å². The third-order valence-corrected chi connectivity index (χ3v) is 14.6. The zero-order valence-electron chi connectivity index (χ0n) is 47.5. The summed E-state index contributed by atoms with van der Waals surface area (Å²) in [7, 11) is 0. The SMILES string of the molecule is CCC[C@H](C)Oc1cc(O)c2cc1C(CC(C)C)c1cc(c(O[C@@H](C)CCC)cc1O)C(CC(C)C)c1cc(c(O[C@@H](C)CCC)cc1O)C(CC(C)C)c1cc(c(O[C@@H](C)CCC)cc1O)C2CC(C)C. The number of hydrogen-bond acceptors (Lipinski definition) is 8. The zero-order chi connectivity index (χ0) is 53.1. The molecule has 8 nitrogen and oxygen atoms in total. The van der Waals surface area contributed by atoms with Crippen molar-refractivity contribution in [3.63, 3.8) is 0 Å². The summed E-state index contributed by atoms with van der Waals surface area (Å²) in [6, 6.07) is 15.9. The number of ether oxygens (including phenoxy) is 4. The summed E-state index contributed by atoms with van der Waals surface area (Å²) < 4.78 is 27.6. The number of hydrogen-bond donors (Lipinski definition) is 4. The van der Waals surface area contributed by atoms with Crippen LogP contribution < -0.4 is 18.9 Å². The van der Waals surface area contributed by atoms with Crippen LogP contribution >= 0.6 is 0 Å². The second-order valence-corrected chi connectivity index (χ2v) is 23.4. The Morgan fingerprint density at radius 2 is 0.486 bits per heavy atom. The molecule has 0 aliphatic heterocycles. The van der Waals surface area contributed by atoms with Gasteiger partial charge in [0.2, 0.25) is 0 Å². The minimum atomic E-state index is -0.368. The lowest BCUT2D eigenvalue weighted by molar-refractivity contribution is 0.205. The van der Waals surface area contributed by atoms with E-state index >= 15 is 0 Å². The first-order valence-electron chi connectivity index (χ1n) is 28.2.